The van der Waals surface area contributed by atoms with E-state index < -0.39 is 5.82 Å². The average molecular weight is 399 g/mol. The highest BCUT2D eigenvalue weighted by molar-refractivity contribution is 5.80. The molecule has 0 spiro atoms. The smallest absolute Gasteiger partial charge is 0.191 e. The Hall–Kier alpha value is -2.60. The van der Waals surface area contributed by atoms with Crippen LogP contribution >= 0.6 is 0 Å². The summed E-state index contributed by atoms with van der Waals surface area (Å²) in [6, 6.07) is 13.5. The normalized spacial score (nSPS) is 16.0. The number of phenols is 1. The number of nitrogens with zero attached hydrogens (tertiary/aromatic N) is 2. The van der Waals surface area contributed by atoms with E-state index in [1.54, 1.807) is 6.07 Å². The van der Waals surface area contributed by atoms with Crippen LogP contribution in [0.1, 0.15) is 36.5 Å². The number of guanidine groups is 1. The van der Waals surface area contributed by atoms with Gasteiger partial charge in [0.2, 0.25) is 0 Å². The molecule has 0 saturated carbocycles. The van der Waals surface area contributed by atoms with E-state index in [4.69, 9.17) is 0 Å². The molecular formula is C23H31FN4O. The van der Waals surface area contributed by atoms with E-state index in [1.807, 2.05) is 6.92 Å². The van der Waals surface area contributed by atoms with E-state index >= 15 is 0 Å². The van der Waals surface area contributed by atoms with Gasteiger partial charge in [0.1, 0.15) is 0 Å². The first-order valence-electron chi connectivity index (χ1n) is 10.3. The van der Waals surface area contributed by atoms with Crippen molar-refractivity contribution in [3.63, 3.8) is 0 Å². The number of aromatic hydroxyl groups is 1. The van der Waals surface area contributed by atoms with Crippen LogP contribution in [0.15, 0.2) is 47.5 Å². The quantitative estimate of drug-likeness (QED) is 0.514. The van der Waals surface area contributed by atoms with E-state index in [0.717, 1.165) is 50.5 Å². The van der Waals surface area contributed by atoms with E-state index in [-0.39, 0.29) is 5.75 Å². The number of benzene rings is 2. The number of likely N-dealkylation sites (tertiary alicyclic amines) is 1. The standard InChI is InChI=1S/C23H31FN4O/c1-3-25-23(26-15-18-7-8-22(29)21(24)14-18)27-20-9-11-28(12-10-20)16-19-6-4-5-17(2)13-19/h4-8,13-14,20,29H,3,9-12,15-16H2,1-2H3,(H2,25,26,27). The number of halogens is 1. The highest BCUT2D eigenvalue weighted by atomic mass is 19.1. The van der Waals surface area contributed by atoms with Gasteiger partial charge in [0, 0.05) is 32.2 Å². The SMILES string of the molecule is CCNC(=NCc1ccc(O)c(F)c1)NC1CCN(Cc2cccc(C)c2)CC1. The Kier molecular flexibility index (Phi) is 7.47. The van der Waals surface area contributed by atoms with Crippen LogP contribution in [-0.4, -0.2) is 41.6 Å². The Bertz CT molecular complexity index is 831. The molecule has 2 aromatic carbocycles. The largest absolute Gasteiger partial charge is 0.505 e. The summed E-state index contributed by atoms with van der Waals surface area (Å²) in [5.41, 5.74) is 3.40. The minimum Gasteiger partial charge on any atom is -0.505 e. The van der Waals surface area contributed by atoms with Crippen LogP contribution in [0.25, 0.3) is 0 Å². The Morgan fingerprint density at radius 3 is 2.66 bits per heavy atom. The molecule has 29 heavy (non-hydrogen) atoms. The van der Waals surface area contributed by atoms with Gasteiger partial charge in [-0.25, -0.2) is 9.38 Å². The summed E-state index contributed by atoms with van der Waals surface area (Å²) in [6.45, 7) is 8.38. The summed E-state index contributed by atoms with van der Waals surface area (Å²) < 4.78 is 13.5. The molecule has 1 fully saturated rings. The maximum atomic E-state index is 13.5. The van der Waals surface area contributed by atoms with Crippen molar-refractivity contribution in [3.05, 3.63) is 65.0 Å². The van der Waals surface area contributed by atoms with Crippen molar-refractivity contribution in [2.75, 3.05) is 19.6 Å². The van der Waals surface area contributed by atoms with Gasteiger partial charge in [-0.3, -0.25) is 4.90 Å². The number of rotatable bonds is 6. The van der Waals surface area contributed by atoms with E-state index in [9.17, 15) is 9.50 Å². The fraction of sp³-hybridized carbons (Fsp3) is 0.435. The van der Waals surface area contributed by atoms with E-state index in [2.05, 4.69) is 51.7 Å². The number of piperidine rings is 1. The van der Waals surface area contributed by atoms with Gasteiger partial charge in [-0.2, -0.15) is 0 Å². The highest BCUT2D eigenvalue weighted by Crippen LogP contribution is 2.17. The van der Waals surface area contributed by atoms with Crippen LogP contribution in [0.4, 0.5) is 4.39 Å². The maximum Gasteiger partial charge on any atom is 0.191 e. The van der Waals surface area contributed by atoms with Crippen molar-refractivity contribution in [3.8, 4) is 5.75 Å². The molecule has 156 valence electrons. The highest BCUT2D eigenvalue weighted by Gasteiger charge is 2.20. The molecule has 1 aliphatic rings. The van der Waals surface area contributed by atoms with Crippen molar-refractivity contribution in [2.45, 2.75) is 45.8 Å². The monoisotopic (exact) mass is 398 g/mol. The molecule has 3 N–H and O–H groups in total. The first-order chi connectivity index (χ1) is 14.0. The maximum absolute atomic E-state index is 13.5. The molecule has 1 heterocycles. The van der Waals surface area contributed by atoms with Crippen LogP contribution in [0.5, 0.6) is 5.75 Å². The molecule has 6 heteroatoms. The molecule has 0 radical (unpaired) electrons. The minimum absolute atomic E-state index is 0.333. The Labute approximate surface area is 172 Å². The van der Waals surface area contributed by atoms with Crippen LogP contribution in [-0.2, 0) is 13.1 Å². The van der Waals surface area contributed by atoms with E-state index in [1.165, 1.54) is 23.3 Å². The predicted molar refractivity (Wildman–Crippen MR) is 115 cm³/mol. The van der Waals surface area contributed by atoms with Crippen molar-refractivity contribution in [2.24, 2.45) is 4.99 Å². The lowest BCUT2D eigenvalue weighted by Crippen LogP contribution is -2.48. The molecule has 1 saturated heterocycles. The average Bonchev–Trinajstić information content (AvgIpc) is 2.70. The molecule has 1 aliphatic heterocycles. The van der Waals surface area contributed by atoms with Crippen molar-refractivity contribution < 1.29 is 9.50 Å². The molecule has 0 aromatic heterocycles. The molecule has 5 nitrogen and oxygen atoms in total. The van der Waals surface area contributed by atoms with Crippen molar-refractivity contribution in [1.82, 2.24) is 15.5 Å². The topological polar surface area (TPSA) is 59.9 Å². The number of hydrogen-bond donors (Lipinski definition) is 3. The van der Waals surface area contributed by atoms with Gasteiger partial charge >= 0.3 is 0 Å². The first kappa shape index (κ1) is 21.1. The van der Waals surface area contributed by atoms with Crippen molar-refractivity contribution in [1.29, 1.82) is 0 Å². The Morgan fingerprint density at radius 2 is 1.97 bits per heavy atom. The number of nitrogens with one attached hydrogen (secondary N) is 2. The lowest BCUT2D eigenvalue weighted by Gasteiger charge is -2.33. The Morgan fingerprint density at radius 1 is 1.17 bits per heavy atom. The third kappa shape index (κ3) is 6.46. The van der Waals surface area contributed by atoms with Crippen LogP contribution in [0.2, 0.25) is 0 Å². The van der Waals surface area contributed by atoms with Crippen LogP contribution in [0.3, 0.4) is 0 Å². The molecule has 0 amide bonds. The lowest BCUT2D eigenvalue weighted by atomic mass is 10.0. The summed E-state index contributed by atoms with van der Waals surface area (Å²) in [5.74, 6) is -0.199. The van der Waals surface area contributed by atoms with Gasteiger partial charge in [-0.15, -0.1) is 0 Å². The van der Waals surface area contributed by atoms with Gasteiger partial charge in [0.25, 0.3) is 0 Å². The van der Waals surface area contributed by atoms with Gasteiger partial charge in [0.05, 0.1) is 6.54 Å². The fourth-order valence-electron chi connectivity index (χ4n) is 3.64. The van der Waals surface area contributed by atoms with E-state index in [0.29, 0.717) is 12.6 Å². The third-order valence-electron chi connectivity index (χ3n) is 5.19. The van der Waals surface area contributed by atoms with Crippen molar-refractivity contribution >= 4 is 5.96 Å². The summed E-state index contributed by atoms with van der Waals surface area (Å²) in [6.07, 6.45) is 2.12. The lowest BCUT2D eigenvalue weighted by molar-refractivity contribution is 0.198. The van der Waals surface area contributed by atoms with Gasteiger partial charge in [0.15, 0.2) is 17.5 Å². The van der Waals surface area contributed by atoms with Gasteiger partial charge < -0.3 is 15.7 Å². The molecule has 2 aromatic rings. The van der Waals surface area contributed by atoms with Crippen LogP contribution in [0, 0.1) is 12.7 Å². The summed E-state index contributed by atoms with van der Waals surface area (Å²) >= 11 is 0. The molecule has 3 rings (SSSR count). The number of aliphatic imine (C=N–C) groups is 1. The summed E-state index contributed by atoms with van der Waals surface area (Å²) in [7, 11) is 0. The predicted octanol–water partition coefficient (Wildman–Crippen LogP) is 3.56. The van der Waals surface area contributed by atoms with Gasteiger partial charge in [-0.1, -0.05) is 35.9 Å². The zero-order valence-corrected chi connectivity index (χ0v) is 17.3. The fourth-order valence-corrected chi connectivity index (χ4v) is 3.64. The molecule has 0 unspecified atom stereocenters. The third-order valence-corrected chi connectivity index (χ3v) is 5.19. The second kappa shape index (κ2) is 10.3. The first-order valence-corrected chi connectivity index (χ1v) is 10.3. The molecular weight excluding hydrogens is 367 g/mol. The number of hydrogen-bond acceptors (Lipinski definition) is 3. The van der Waals surface area contributed by atoms with Gasteiger partial charge in [-0.05, 0) is 49.9 Å². The number of phenolic OH excluding ortho intramolecular Hbond substituents is 1. The summed E-state index contributed by atoms with van der Waals surface area (Å²) in [5, 5.41) is 16.1. The second-order valence-electron chi connectivity index (χ2n) is 7.66. The zero-order chi connectivity index (χ0) is 20.6. The minimum atomic E-state index is -0.614. The molecule has 0 aliphatic carbocycles. The molecule has 0 bridgehead atoms. The summed E-state index contributed by atoms with van der Waals surface area (Å²) in [4.78, 5) is 7.07. The zero-order valence-electron chi connectivity index (χ0n) is 17.3. The molecule has 0 atom stereocenters. The Balaban J connectivity index is 1.51. The number of aryl methyl sites for hydroxylation is 1. The second-order valence-corrected chi connectivity index (χ2v) is 7.66. The van der Waals surface area contributed by atoms with Crippen LogP contribution < -0.4 is 10.6 Å².